The number of para-hydroxylation sites is 4. The van der Waals surface area contributed by atoms with E-state index in [4.69, 9.17) is 9.97 Å². The summed E-state index contributed by atoms with van der Waals surface area (Å²) < 4.78 is 2.31. The molecule has 0 radical (unpaired) electrons. The molecule has 2 aromatic heterocycles. The van der Waals surface area contributed by atoms with E-state index < -0.39 is 0 Å². The van der Waals surface area contributed by atoms with Crippen LogP contribution in [-0.4, -0.2) is 14.5 Å². The highest BCUT2D eigenvalue weighted by Crippen LogP contribution is 2.40. The molecule has 0 saturated heterocycles. The summed E-state index contributed by atoms with van der Waals surface area (Å²) in [5, 5.41) is 2.33. The molecule has 10 rings (SSSR count). The van der Waals surface area contributed by atoms with Gasteiger partial charge in [-0.1, -0.05) is 140 Å². The minimum absolute atomic E-state index is 0.809. The van der Waals surface area contributed by atoms with Gasteiger partial charge in [-0.15, -0.1) is 0 Å². The summed E-state index contributed by atoms with van der Waals surface area (Å²) in [4.78, 5) is 12.9. The van der Waals surface area contributed by atoms with Gasteiger partial charge in [0.25, 0.3) is 0 Å². The van der Waals surface area contributed by atoms with Crippen molar-refractivity contribution in [3.8, 4) is 39.3 Å². The second-order valence-electron chi connectivity index (χ2n) is 13.5. The van der Waals surface area contributed by atoms with Crippen molar-refractivity contribution in [2.24, 2.45) is 0 Å². The zero-order chi connectivity index (χ0) is 35.8. The summed E-state index contributed by atoms with van der Waals surface area (Å²) in [5.74, 6) is 0.809. The van der Waals surface area contributed by atoms with Crippen LogP contribution in [0.1, 0.15) is 0 Å². The molecule has 0 bridgehead atoms. The number of anilines is 3. The lowest BCUT2D eigenvalue weighted by molar-refractivity contribution is 1.08. The Balaban J connectivity index is 1.16. The van der Waals surface area contributed by atoms with Crippen LogP contribution in [0, 0.1) is 0 Å². The first-order valence-corrected chi connectivity index (χ1v) is 18.3. The SMILES string of the molecule is c1ccc(-c2ccc3c4cc(-c5ccc(N(c6ccccc6)c6ccccc6)cc5)ccc4n(-c4nc5ccccc5nc4-c4ccccc4)c3c2)cc1. The number of fused-ring (bicyclic) bond motifs is 4. The van der Waals surface area contributed by atoms with E-state index in [2.05, 4.69) is 185 Å². The first kappa shape index (κ1) is 31.4. The van der Waals surface area contributed by atoms with Gasteiger partial charge in [-0.3, -0.25) is 4.57 Å². The quantitative estimate of drug-likeness (QED) is 0.167. The fourth-order valence-corrected chi connectivity index (χ4v) is 7.58. The molecule has 0 amide bonds. The van der Waals surface area contributed by atoms with Crippen LogP contribution in [0.5, 0.6) is 0 Å². The standard InChI is InChI=1S/C50H34N4/c1-5-15-35(16-6-1)39-27-31-43-44-33-38(36-25-29-42(30-26-36)53(40-19-9-3-10-20-40)41-21-11-4-12-22-41)28-32-47(44)54(48(43)34-39)50-49(37-17-7-2-8-18-37)51-45-23-13-14-24-46(45)52-50/h1-34H. The Morgan fingerprint density at radius 1 is 0.333 bits per heavy atom. The summed E-state index contributed by atoms with van der Waals surface area (Å²) in [6, 6.07) is 72.6. The predicted octanol–water partition coefficient (Wildman–Crippen LogP) is 13.2. The third-order valence-electron chi connectivity index (χ3n) is 10.2. The zero-order valence-corrected chi connectivity index (χ0v) is 29.4. The molecule has 0 atom stereocenters. The first-order valence-electron chi connectivity index (χ1n) is 18.3. The van der Waals surface area contributed by atoms with Crippen molar-refractivity contribution in [2.45, 2.75) is 0 Å². The summed E-state index contributed by atoms with van der Waals surface area (Å²) in [6.45, 7) is 0. The van der Waals surface area contributed by atoms with E-state index in [1.807, 2.05) is 30.3 Å². The Hall–Kier alpha value is -7.30. The monoisotopic (exact) mass is 690 g/mol. The summed E-state index contributed by atoms with van der Waals surface area (Å²) in [5.41, 5.74) is 13.7. The smallest absolute Gasteiger partial charge is 0.165 e. The molecule has 4 heteroatoms. The van der Waals surface area contributed by atoms with Gasteiger partial charge in [0, 0.05) is 33.4 Å². The van der Waals surface area contributed by atoms with E-state index in [-0.39, 0.29) is 0 Å². The highest BCUT2D eigenvalue weighted by atomic mass is 15.1. The Morgan fingerprint density at radius 3 is 1.46 bits per heavy atom. The summed E-state index contributed by atoms with van der Waals surface area (Å²) >= 11 is 0. The maximum Gasteiger partial charge on any atom is 0.165 e. The lowest BCUT2D eigenvalue weighted by Crippen LogP contribution is -2.09. The van der Waals surface area contributed by atoms with Crippen LogP contribution in [0.15, 0.2) is 206 Å². The molecule has 0 unspecified atom stereocenters. The van der Waals surface area contributed by atoms with Crippen molar-refractivity contribution in [3.05, 3.63) is 206 Å². The minimum Gasteiger partial charge on any atom is -0.311 e. The van der Waals surface area contributed by atoms with Crippen LogP contribution in [0.2, 0.25) is 0 Å². The molecule has 54 heavy (non-hydrogen) atoms. The van der Waals surface area contributed by atoms with E-state index in [0.717, 1.165) is 83.7 Å². The van der Waals surface area contributed by atoms with E-state index >= 15 is 0 Å². The van der Waals surface area contributed by atoms with Gasteiger partial charge in [-0.25, -0.2) is 9.97 Å². The topological polar surface area (TPSA) is 34.0 Å². The third-order valence-corrected chi connectivity index (χ3v) is 10.2. The number of nitrogens with zero attached hydrogens (tertiary/aromatic N) is 4. The highest BCUT2D eigenvalue weighted by Gasteiger charge is 2.21. The van der Waals surface area contributed by atoms with Gasteiger partial charge >= 0.3 is 0 Å². The average Bonchev–Trinajstić information content (AvgIpc) is 3.58. The van der Waals surface area contributed by atoms with E-state index in [1.54, 1.807) is 0 Å². The average molecular weight is 691 g/mol. The van der Waals surface area contributed by atoms with Gasteiger partial charge in [0.15, 0.2) is 5.82 Å². The summed E-state index contributed by atoms with van der Waals surface area (Å²) in [7, 11) is 0. The van der Waals surface area contributed by atoms with Crippen molar-refractivity contribution in [1.29, 1.82) is 0 Å². The van der Waals surface area contributed by atoms with Crippen molar-refractivity contribution >= 4 is 49.9 Å². The molecule has 10 aromatic rings. The Morgan fingerprint density at radius 2 is 0.815 bits per heavy atom. The van der Waals surface area contributed by atoms with Crippen LogP contribution in [0.4, 0.5) is 17.1 Å². The van der Waals surface area contributed by atoms with Gasteiger partial charge in [-0.05, 0) is 89.0 Å². The Labute approximate surface area is 313 Å². The molecule has 0 aliphatic rings. The van der Waals surface area contributed by atoms with Crippen molar-refractivity contribution in [2.75, 3.05) is 4.90 Å². The molecule has 0 saturated carbocycles. The van der Waals surface area contributed by atoms with E-state index in [0.29, 0.717) is 0 Å². The molecule has 8 aromatic carbocycles. The van der Waals surface area contributed by atoms with Crippen molar-refractivity contribution in [3.63, 3.8) is 0 Å². The maximum atomic E-state index is 5.35. The molecule has 0 aliphatic heterocycles. The van der Waals surface area contributed by atoms with Gasteiger partial charge in [0.2, 0.25) is 0 Å². The Kier molecular flexibility index (Phi) is 7.77. The molecule has 254 valence electrons. The zero-order valence-electron chi connectivity index (χ0n) is 29.4. The third kappa shape index (κ3) is 5.58. The van der Waals surface area contributed by atoms with Gasteiger partial charge in [-0.2, -0.15) is 0 Å². The first-order chi connectivity index (χ1) is 26.8. The van der Waals surface area contributed by atoms with Crippen LogP contribution >= 0.6 is 0 Å². The van der Waals surface area contributed by atoms with Crippen molar-refractivity contribution < 1.29 is 0 Å². The maximum absolute atomic E-state index is 5.35. The molecule has 0 fully saturated rings. The number of benzene rings is 8. The number of hydrogen-bond donors (Lipinski definition) is 0. The molecular formula is C50H34N4. The molecule has 2 heterocycles. The fourth-order valence-electron chi connectivity index (χ4n) is 7.58. The minimum atomic E-state index is 0.809. The van der Waals surface area contributed by atoms with Crippen LogP contribution in [0.3, 0.4) is 0 Å². The molecular weight excluding hydrogens is 657 g/mol. The second-order valence-corrected chi connectivity index (χ2v) is 13.5. The van der Waals surface area contributed by atoms with Gasteiger partial charge in [0.1, 0.15) is 5.69 Å². The van der Waals surface area contributed by atoms with Gasteiger partial charge in [0.05, 0.1) is 22.1 Å². The van der Waals surface area contributed by atoms with Crippen LogP contribution in [0.25, 0.3) is 72.2 Å². The summed E-state index contributed by atoms with van der Waals surface area (Å²) in [6.07, 6.45) is 0. The van der Waals surface area contributed by atoms with Crippen LogP contribution < -0.4 is 4.90 Å². The lowest BCUT2D eigenvalue weighted by atomic mass is 10.0. The predicted molar refractivity (Wildman–Crippen MR) is 225 cm³/mol. The largest absolute Gasteiger partial charge is 0.311 e. The normalized spacial score (nSPS) is 11.3. The van der Waals surface area contributed by atoms with E-state index in [1.165, 1.54) is 5.56 Å². The number of hydrogen-bond acceptors (Lipinski definition) is 3. The lowest BCUT2D eigenvalue weighted by Gasteiger charge is -2.25. The number of aromatic nitrogens is 3. The molecule has 0 spiro atoms. The Bertz CT molecular complexity index is 2860. The van der Waals surface area contributed by atoms with Crippen molar-refractivity contribution in [1.82, 2.24) is 14.5 Å². The fraction of sp³-hybridized carbons (Fsp3) is 0. The number of rotatable bonds is 7. The second kappa shape index (κ2) is 13.4. The highest BCUT2D eigenvalue weighted by molar-refractivity contribution is 6.12. The molecule has 0 N–H and O–H groups in total. The molecule has 4 nitrogen and oxygen atoms in total. The van der Waals surface area contributed by atoms with E-state index in [9.17, 15) is 0 Å². The van der Waals surface area contributed by atoms with Crippen LogP contribution in [-0.2, 0) is 0 Å². The van der Waals surface area contributed by atoms with Gasteiger partial charge < -0.3 is 4.90 Å². The molecule has 0 aliphatic carbocycles.